The van der Waals surface area contributed by atoms with Crippen LogP contribution >= 0.6 is 23.1 Å². The topological polar surface area (TPSA) is 126 Å². The van der Waals surface area contributed by atoms with Gasteiger partial charge in [-0.3, -0.25) is 10.1 Å². The number of nitrogens with zero attached hydrogens (tertiary/aromatic N) is 4. The van der Waals surface area contributed by atoms with Gasteiger partial charge in [0, 0.05) is 24.4 Å². The van der Waals surface area contributed by atoms with Crippen molar-refractivity contribution in [2.45, 2.75) is 36.8 Å². The molecule has 0 amide bonds. The molecule has 2 aromatic carbocycles. The van der Waals surface area contributed by atoms with Crippen molar-refractivity contribution in [1.29, 1.82) is 0 Å². The van der Waals surface area contributed by atoms with Gasteiger partial charge in [-0.1, -0.05) is 65.6 Å². The maximum absolute atomic E-state index is 11.0. The normalized spacial score (nSPS) is 11.5. The highest BCUT2D eigenvalue weighted by molar-refractivity contribution is 7.98. The minimum Gasteiger partial charge on any atom is -0.394 e. The average molecular weight is 497 g/mol. The van der Waals surface area contributed by atoms with Crippen molar-refractivity contribution in [3.8, 4) is 0 Å². The SMILES string of the molecule is CC(C)(CO)Nc1nc(SCc2ccccc2)nc2nc(NCc3cccc([N+](=O)[O-])c3)sc12. The first-order valence-electron chi connectivity index (χ1n) is 10.5. The number of benzene rings is 2. The second-order valence-corrected chi connectivity index (χ2v) is 10.2. The maximum Gasteiger partial charge on any atom is 0.269 e. The van der Waals surface area contributed by atoms with Crippen molar-refractivity contribution in [1.82, 2.24) is 15.0 Å². The van der Waals surface area contributed by atoms with Crippen molar-refractivity contribution in [2.24, 2.45) is 0 Å². The molecule has 0 bridgehead atoms. The quantitative estimate of drug-likeness (QED) is 0.119. The Morgan fingerprint density at radius 2 is 1.85 bits per heavy atom. The van der Waals surface area contributed by atoms with E-state index >= 15 is 0 Å². The maximum atomic E-state index is 11.0. The van der Waals surface area contributed by atoms with Crippen molar-refractivity contribution in [3.05, 3.63) is 75.8 Å². The predicted molar refractivity (Wildman–Crippen MR) is 136 cm³/mol. The van der Waals surface area contributed by atoms with E-state index in [0.29, 0.717) is 28.3 Å². The number of anilines is 2. The monoisotopic (exact) mass is 496 g/mol. The summed E-state index contributed by atoms with van der Waals surface area (Å²) in [6.07, 6.45) is 0. The van der Waals surface area contributed by atoms with Crippen LogP contribution in [0.15, 0.2) is 59.8 Å². The van der Waals surface area contributed by atoms with Gasteiger partial charge in [0.2, 0.25) is 0 Å². The number of fused-ring (bicyclic) bond motifs is 1. The largest absolute Gasteiger partial charge is 0.394 e. The molecule has 0 radical (unpaired) electrons. The van der Waals surface area contributed by atoms with Crippen LogP contribution in [-0.4, -0.2) is 37.1 Å². The van der Waals surface area contributed by atoms with Gasteiger partial charge in [0.1, 0.15) is 4.70 Å². The van der Waals surface area contributed by atoms with Crippen LogP contribution in [0.1, 0.15) is 25.0 Å². The highest BCUT2D eigenvalue weighted by Gasteiger charge is 2.21. The number of rotatable bonds is 10. The smallest absolute Gasteiger partial charge is 0.269 e. The second-order valence-electron chi connectivity index (χ2n) is 8.25. The summed E-state index contributed by atoms with van der Waals surface area (Å²) in [7, 11) is 0. The second kappa shape index (κ2) is 10.3. The summed E-state index contributed by atoms with van der Waals surface area (Å²) in [5.41, 5.74) is 1.96. The number of hydrogen-bond acceptors (Lipinski definition) is 10. The zero-order chi connectivity index (χ0) is 24.1. The Balaban J connectivity index is 1.59. The molecule has 0 saturated heterocycles. The van der Waals surface area contributed by atoms with Gasteiger partial charge in [-0.25, -0.2) is 9.97 Å². The van der Waals surface area contributed by atoms with E-state index in [2.05, 4.69) is 32.7 Å². The summed E-state index contributed by atoms with van der Waals surface area (Å²) in [6, 6.07) is 16.6. The molecule has 0 aliphatic heterocycles. The van der Waals surface area contributed by atoms with Crippen LogP contribution in [0.3, 0.4) is 0 Å². The van der Waals surface area contributed by atoms with E-state index in [9.17, 15) is 15.2 Å². The van der Waals surface area contributed by atoms with Gasteiger partial charge in [0.15, 0.2) is 21.8 Å². The van der Waals surface area contributed by atoms with Crippen molar-refractivity contribution in [3.63, 3.8) is 0 Å². The molecule has 4 rings (SSSR count). The number of non-ortho nitro benzene ring substituents is 1. The highest BCUT2D eigenvalue weighted by atomic mass is 32.2. The zero-order valence-electron chi connectivity index (χ0n) is 18.7. The van der Waals surface area contributed by atoms with Gasteiger partial charge in [-0.2, -0.15) is 4.98 Å². The number of thiazole rings is 1. The predicted octanol–water partition coefficient (Wildman–Crippen LogP) is 5.08. The van der Waals surface area contributed by atoms with Crippen LogP contribution in [0, 0.1) is 10.1 Å². The molecule has 0 fully saturated rings. The highest BCUT2D eigenvalue weighted by Crippen LogP contribution is 2.34. The first-order valence-corrected chi connectivity index (χ1v) is 12.3. The fourth-order valence-corrected chi connectivity index (χ4v) is 4.71. The molecule has 2 aromatic heterocycles. The van der Waals surface area contributed by atoms with E-state index in [1.165, 1.54) is 40.8 Å². The lowest BCUT2D eigenvalue weighted by atomic mass is 10.1. The van der Waals surface area contributed by atoms with Crippen molar-refractivity contribution < 1.29 is 10.0 Å². The fraction of sp³-hybridized carbons (Fsp3) is 0.261. The molecular formula is C23H24N6O3S2. The van der Waals surface area contributed by atoms with E-state index < -0.39 is 10.5 Å². The Hall–Kier alpha value is -3.28. The molecule has 0 aliphatic rings. The van der Waals surface area contributed by atoms with Gasteiger partial charge in [0.25, 0.3) is 5.69 Å². The number of aliphatic hydroxyl groups is 1. The molecule has 9 nitrogen and oxygen atoms in total. The van der Waals surface area contributed by atoms with E-state index in [-0.39, 0.29) is 12.3 Å². The summed E-state index contributed by atoms with van der Waals surface area (Å²) in [4.78, 5) is 24.6. The summed E-state index contributed by atoms with van der Waals surface area (Å²) in [5.74, 6) is 1.33. The lowest BCUT2D eigenvalue weighted by molar-refractivity contribution is -0.384. The number of hydrogen-bond donors (Lipinski definition) is 3. The molecular weight excluding hydrogens is 472 g/mol. The number of nitro groups is 1. The third-order valence-electron chi connectivity index (χ3n) is 4.86. The van der Waals surface area contributed by atoms with Gasteiger partial charge < -0.3 is 15.7 Å². The van der Waals surface area contributed by atoms with Crippen LogP contribution < -0.4 is 10.6 Å². The Bertz CT molecular complexity index is 1300. The molecule has 3 N–H and O–H groups in total. The molecule has 0 aliphatic carbocycles. The Morgan fingerprint density at radius 3 is 2.59 bits per heavy atom. The van der Waals surface area contributed by atoms with E-state index in [4.69, 9.17) is 4.98 Å². The fourth-order valence-electron chi connectivity index (χ4n) is 3.07. The number of nitro benzene ring substituents is 1. The van der Waals surface area contributed by atoms with Crippen LogP contribution in [0.25, 0.3) is 10.3 Å². The lowest BCUT2D eigenvalue weighted by Gasteiger charge is -2.24. The lowest BCUT2D eigenvalue weighted by Crippen LogP contribution is -2.35. The number of thioether (sulfide) groups is 1. The minimum atomic E-state index is -0.580. The Labute approximate surface area is 204 Å². The molecule has 11 heteroatoms. The molecule has 2 heterocycles. The number of aromatic nitrogens is 3. The van der Waals surface area contributed by atoms with E-state index in [1.807, 2.05) is 38.1 Å². The first kappa shape index (κ1) is 23.9. The van der Waals surface area contributed by atoms with Gasteiger partial charge in [-0.15, -0.1) is 0 Å². The van der Waals surface area contributed by atoms with Crippen LogP contribution in [0.5, 0.6) is 0 Å². The third kappa shape index (κ3) is 5.99. The summed E-state index contributed by atoms with van der Waals surface area (Å²) >= 11 is 2.91. The Kier molecular flexibility index (Phi) is 7.25. The minimum absolute atomic E-state index is 0.0484. The molecule has 34 heavy (non-hydrogen) atoms. The van der Waals surface area contributed by atoms with Gasteiger partial charge in [0.05, 0.1) is 17.1 Å². The first-order chi connectivity index (χ1) is 16.3. The van der Waals surface area contributed by atoms with E-state index in [1.54, 1.807) is 6.07 Å². The van der Waals surface area contributed by atoms with Gasteiger partial charge in [-0.05, 0) is 25.0 Å². The van der Waals surface area contributed by atoms with Crippen LogP contribution in [-0.2, 0) is 12.3 Å². The molecule has 0 spiro atoms. The molecule has 0 unspecified atom stereocenters. The molecule has 4 aromatic rings. The molecule has 0 atom stereocenters. The molecule has 176 valence electrons. The summed E-state index contributed by atoms with van der Waals surface area (Å²) < 4.78 is 0.770. The zero-order valence-corrected chi connectivity index (χ0v) is 20.3. The molecule has 0 saturated carbocycles. The third-order valence-corrected chi connectivity index (χ3v) is 6.79. The number of nitrogens with one attached hydrogen (secondary N) is 2. The standard InChI is InChI=1S/C23H24N6O3S2/c1-23(2,14-30)28-20-18-19(26-22(27-20)33-13-15-7-4-3-5-8-15)25-21(34-18)24-12-16-9-6-10-17(11-16)29(31)32/h3-11,30H,12-14H2,1-2H3,(H2,24,25,26,27,28). The van der Waals surface area contributed by atoms with Crippen LogP contribution in [0.2, 0.25) is 0 Å². The average Bonchev–Trinajstić information content (AvgIpc) is 3.25. The van der Waals surface area contributed by atoms with E-state index in [0.717, 1.165) is 16.0 Å². The van der Waals surface area contributed by atoms with Gasteiger partial charge >= 0.3 is 0 Å². The van der Waals surface area contributed by atoms with Crippen molar-refractivity contribution in [2.75, 3.05) is 17.2 Å². The van der Waals surface area contributed by atoms with Crippen molar-refractivity contribution >= 4 is 50.1 Å². The summed E-state index contributed by atoms with van der Waals surface area (Å²) in [5, 5.41) is 28.5. The summed E-state index contributed by atoms with van der Waals surface area (Å²) in [6.45, 7) is 4.09. The Morgan fingerprint density at radius 1 is 1.09 bits per heavy atom. The van der Waals surface area contributed by atoms with Crippen LogP contribution in [0.4, 0.5) is 16.6 Å². The number of aliphatic hydroxyl groups excluding tert-OH is 1.